The average Bonchev–Trinajstić information content (AvgIpc) is 3.25. The van der Waals surface area contributed by atoms with Crippen LogP contribution in [0.4, 0.5) is 0 Å². The number of nitrogens with one attached hydrogen (secondary N) is 1. The normalized spacial score (nSPS) is 12.9. The van der Waals surface area contributed by atoms with Crippen molar-refractivity contribution in [1.82, 2.24) is 5.32 Å². The number of aliphatic hydroxyl groups excluding tert-OH is 2. The van der Waals surface area contributed by atoms with Gasteiger partial charge in [-0.3, -0.25) is 9.59 Å². The molecule has 0 aromatic heterocycles. The Hall–Kier alpha value is -1.92. The number of hydrogen-bond acceptors (Lipinski definition) is 5. The molecule has 0 radical (unpaired) electrons. The van der Waals surface area contributed by atoms with Gasteiger partial charge in [-0.15, -0.1) is 0 Å². The lowest BCUT2D eigenvalue weighted by molar-refractivity contribution is -0.143. The lowest BCUT2D eigenvalue weighted by atomic mass is 10.0. The summed E-state index contributed by atoms with van der Waals surface area (Å²) < 4.78 is 5.42. The van der Waals surface area contributed by atoms with Crippen molar-refractivity contribution in [2.75, 3.05) is 13.2 Å². The molecule has 0 spiro atoms. The minimum atomic E-state index is -0.679. The van der Waals surface area contributed by atoms with E-state index in [4.69, 9.17) is 4.74 Å². The Morgan fingerprint density at radius 1 is 0.467 bits per heavy atom. The van der Waals surface area contributed by atoms with Crippen LogP contribution in [-0.2, 0) is 14.3 Å². The third kappa shape index (κ3) is 45.6. The Labute approximate surface area is 373 Å². The molecular weight excluding hydrogens is 743 g/mol. The summed E-state index contributed by atoms with van der Waals surface area (Å²) in [6.45, 7) is 4.87. The molecule has 0 bridgehead atoms. The summed E-state index contributed by atoms with van der Waals surface area (Å²) in [4.78, 5) is 24.4. The summed E-state index contributed by atoms with van der Waals surface area (Å²) in [7, 11) is 0. The molecule has 60 heavy (non-hydrogen) atoms. The van der Waals surface area contributed by atoms with Crippen LogP contribution in [0.25, 0.3) is 0 Å². The first kappa shape index (κ1) is 58.1. The van der Waals surface area contributed by atoms with Crippen molar-refractivity contribution in [3.8, 4) is 0 Å². The Morgan fingerprint density at radius 2 is 0.833 bits per heavy atom. The van der Waals surface area contributed by atoms with Crippen molar-refractivity contribution in [3.05, 3.63) is 36.5 Å². The van der Waals surface area contributed by atoms with E-state index >= 15 is 0 Å². The second-order valence-electron chi connectivity index (χ2n) is 17.9. The number of allylic oxidation sites excluding steroid dienone is 6. The summed E-state index contributed by atoms with van der Waals surface area (Å²) in [6, 6.07) is -0.558. The number of rotatable bonds is 48. The van der Waals surface area contributed by atoms with E-state index in [0.29, 0.717) is 25.9 Å². The number of ether oxygens (including phenoxy) is 1. The Balaban J connectivity index is 3.54. The van der Waals surface area contributed by atoms with Crippen LogP contribution in [0.1, 0.15) is 271 Å². The van der Waals surface area contributed by atoms with Crippen LogP contribution in [0.15, 0.2) is 36.5 Å². The highest BCUT2D eigenvalue weighted by molar-refractivity contribution is 5.76. The van der Waals surface area contributed by atoms with Crippen molar-refractivity contribution in [2.24, 2.45) is 0 Å². The van der Waals surface area contributed by atoms with Crippen molar-refractivity contribution >= 4 is 11.9 Å². The van der Waals surface area contributed by atoms with Gasteiger partial charge in [0.2, 0.25) is 5.91 Å². The number of carbonyl (C=O) groups excluding carboxylic acids is 2. The van der Waals surface area contributed by atoms with Crippen LogP contribution in [0.3, 0.4) is 0 Å². The SMILES string of the molecule is CCCCC/C=C\CCCCCCCC(=O)OCCCCC/C=C\C=C/CCCCCCCCC(=O)NC(CO)C(O)CCCCCCCCCCCCCCCCCC. The molecule has 2 unspecified atom stereocenters. The van der Waals surface area contributed by atoms with Gasteiger partial charge in [-0.25, -0.2) is 0 Å². The van der Waals surface area contributed by atoms with Crippen molar-refractivity contribution < 1.29 is 24.5 Å². The number of esters is 1. The van der Waals surface area contributed by atoms with Crippen LogP contribution >= 0.6 is 0 Å². The molecule has 352 valence electrons. The predicted octanol–water partition coefficient (Wildman–Crippen LogP) is 15.7. The average molecular weight is 844 g/mol. The summed E-state index contributed by atoms with van der Waals surface area (Å²) in [6.07, 6.45) is 59.7. The second kappa shape index (κ2) is 49.7. The molecule has 6 heteroatoms. The first-order valence-electron chi connectivity index (χ1n) is 26.3. The molecule has 2 atom stereocenters. The third-order valence-corrected chi connectivity index (χ3v) is 11.9. The standard InChI is InChI=1S/C54H101NO5/c1-3-5-7-9-11-13-15-17-18-20-23-26-30-34-38-42-46-52(57)51(50-56)55-53(58)47-43-39-35-31-27-24-21-19-22-25-29-33-37-41-45-49-60-54(59)48-44-40-36-32-28-16-14-12-10-8-6-4-2/h12,14,19,22,25,29,51-52,56-57H,3-11,13,15-18,20-21,23-24,26-28,30-50H2,1-2H3,(H,55,58)/b14-12-,22-19-,29-25-. The fourth-order valence-corrected chi connectivity index (χ4v) is 7.86. The van der Waals surface area contributed by atoms with Gasteiger partial charge in [0.25, 0.3) is 0 Å². The first-order chi connectivity index (χ1) is 29.5. The van der Waals surface area contributed by atoms with E-state index in [1.165, 1.54) is 161 Å². The quantitative estimate of drug-likeness (QED) is 0.0245. The molecule has 0 saturated carbocycles. The van der Waals surface area contributed by atoms with Gasteiger partial charge in [-0.2, -0.15) is 0 Å². The maximum Gasteiger partial charge on any atom is 0.305 e. The van der Waals surface area contributed by atoms with Gasteiger partial charge >= 0.3 is 5.97 Å². The third-order valence-electron chi connectivity index (χ3n) is 11.9. The largest absolute Gasteiger partial charge is 0.466 e. The molecule has 3 N–H and O–H groups in total. The fourth-order valence-electron chi connectivity index (χ4n) is 7.86. The molecule has 0 aromatic rings. The Kier molecular flexibility index (Phi) is 48.1. The molecule has 0 aliphatic carbocycles. The molecule has 0 fully saturated rings. The van der Waals surface area contributed by atoms with E-state index in [0.717, 1.165) is 77.0 Å². The number of unbranched alkanes of at least 4 members (excludes halogenated alkanes) is 32. The topological polar surface area (TPSA) is 95.9 Å². The number of amides is 1. The van der Waals surface area contributed by atoms with Gasteiger partial charge < -0.3 is 20.3 Å². The monoisotopic (exact) mass is 844 g/mol. The fraction of sp³-hybridized carbons (Fsp3) is 0.852. The lowest BCUT2D eigenvalue weighted by Gasteiger charge is -2.22. The van der Waals surface area contributed by atoms with Crippen LogP contribution in [-0.4, -0.2) is 47.4 Å². The molecule has 0 rings (SSSR count). The van der Waals surface area contributed by atoms with Gasteiger partial charge in [-0.1, -0.05) is 211 Å². The van der Waals surface area contributed by atoms with E-state index in [-0.39, 0.29) is 18.5 Å². The summed E-state index contributed by atoms with van der Waals surface area (Å²) >= 11 is 0. The Bertz CT molecular complexity index is 977. The summed E-state index contributed by atoms with van der Waals surface area (Å²) in [5.41, 5.74) is 0. The zero-order valence-corrected chi connectivity index (χ0v) is 39.9. The van der Waals surface area contributed by atoms with Gasteiger partial charge in [0, 0.05) is 12.8 Å². The second-order valence-corrected chi connectivity index (χ2v) is 17.9. The first-order valence-corrected chi connectivity index (χ1v) is 26.3. The molecule has 0 aliphatic heterocycles. The van der Waals surface area contributed by atoms with E-state index in [2.05, 4.69) is 55.6 Å². The highest BCUT2D eigenvalue weighted by Crippen LogP contribution is 2.16. The lowest BCUT2D eigenvalue weighted by Crippen LogP contribution is -2.45. The zero-order valence-electron chi connectivity index (χ0n) is 39.9. The maximum absolute atomic E-state index is 12.4. The molecule has 6 nitrogen and oxygen atoms in total. The van der Waals surface area contributed by atoms with Gasteiger partial charge in [-0.05, 0) is 83.5 Å². The molecule has 0 aliphatic rings. The summed E-state index contributed by atoms with van der Waals surface area (Å²) in [5.74, 6) is -0.0897. The van der Waals surface area contributed by atoms with Crippen LogP contribution in [0.2, 0.25) is 0 Å². The van der Waals surface area contributed by atoms with Crippen molar-refractivity contribution in [1.29, 1.82) is 0 Å². The molecule has 0 heterocycles. The number of carbonyl (C=O) groups is 2. The zero-order chi connectivity index (χ0) is 43.7. The smallest absolute Gasteiger partial charge is 0.305 e. The van der Waals surface area contributed by atoms with Gasteiger partial charge in [0.15, 0.2) is 0 Å². The van der Waals surface area contributed by atoms with Gasteiger partial charge in [0.05, 0.1) is 25.4 Å². The summed E-state index contributed by atoms with van der Waals surface area (Å²) in [5, 5.41) is 23.2. The molecule has 0 aromatic carbocycles. The van der Waals surface area contributed by atoms with Crippen LogP contribution in [0, 0.1) is 0 Å². The predicted molar refractivity (Wildman–Crippen MR) is 259 cm³/mol. The van der Waals surface area contributed by atoms with Crippen LogP contribution in [0.5, 0.6) is 0 Å². The minimum Gasteiger partial charge on any atom is -0.466 e. The highest BCUT2D eigenvalue weighted by Gasteiger charge is 2.20. The number of hydrogen-bond donors (Lipinski definition) is 3. The number of aliphatic hydroxyl groups is 2. The minimum absolute atomic E-state index is 0.0321. The van der Waals surface area contributed by atoms with Gasteiger partial charge in [0.1, 0.15) is 0 Å². The highest BCUT2D eigenvalue weighted by atomic mass is 16.5. The Morgan fingerprint density at radius 3 is 1.32 bits per heavy atom. The van der Waals surface area contributed by atoms with E-state index < -0.39 is 12.1 Å². The van der Waals surface area contributed by atoms with E-state index in [1.54, 1.807) is 0 Å². The maximum atomic E-state index is 12.4. The van der Waals surface area contributed by atoms with Crippen LogP contribution < -0.4 is 5.32 Å². The van der Waals surface area contributed by atoms with E-state index in [9.17, 15) is 19.8 Å². The van der Waals surface area contributed by atoms with Crippen molar-refractivity contribution in [3.63, 3.8) is 0 Å². The molecule has 1 amide bonds. The van der Waals surface area contributed by atoms with E-state index in [1.807, 2.05) is 0 Å². The van der Waals surface area contributed by atoms with Crippen molar-refractivity contribution in [2.45, 2.75) is 283 Å². The molecule has 0 saturated heterocycles. The molecular formula is C54H101NO5.